The molecule has 0 bridgehead atoms. The maximum atomic E-state index is 11.8. The normalized spacial score (nSPS) is 16.2. The van der Waals surface area contributed by atoms with E-state index in [2.05, 4.69) is 10.3 Å². The quantitative estimate of drug-likeness (QED) is 0.912. The molecule has 104 valence electrons. The van der Waals surface area contributed by atoms with Crippen LogP contribution in [-0.2, 0) is 4.74 Å². The molecule has 2 rings (SSSR count). The van der Waals surface area contributed by atoms with E-state index in [0.29, 0.717) is 24.6 Å². The first kappa shape index (κ1) is 13.8. The van der Waals surface area contributed by atoms with Crippen molar-refractivity contribution in [2.24, 2.45) is 0 Å². The molecule has 0 unspecified atom stereocenters. The van der Waals surface area contributed by atoms with Gasteiger partial charge in [-0.3, -0.25) is 9.78 Å². The first-order chi connectivity index (χ1) is 9.20. The Morgan fingerprint density at radius 3 is 2.84 bits per heavy atom. The highest BCUT2D eigenvalue weighted by Crippen LogP contribution is 2.13. The van der Waals surface area contributed by atoms with Gasteiger partial charge in [0.05, 0.1) is 18.3 Å². The summed E-state index contributed by atoms with van der Waals surface area (Å²) in [5.41, 5.74) is 1.64. The second-order valence-electron chi connectivity index (χ2n) is 4.30. The topological polar surface area (TPSA) is 71.5 Å². The van der Waals surface area contributed by atoms with Crippen molar-refractivity contribution in [3.05, 3.63) is 16.6 Å². The first-order valence-corrected chi connectivity index (χ1v) is 7.19. The Balaban J connectivity index is 1.77. The van der Waals surface area contributed by atoms with Crippen molar-refractivity contribution in [3.63, 3.8) is 0 Å². The minimum atomic E-state index is -0.269. The summed E-state index contributed by atoms with van der Waals surface area (Å²) < 4.78 is 4.95. The molecule has 1 saturated heterocycles. The lowest BCUT2D eigenvalue weighted by molar-refractivity contribution is 0.0862. The largest absolute Gasteiger partial charge is 0.450 e. The molecule has 19 heavy (non-hydrogen) atoms. The van der Waals surface area contributed by atoms with Gasteiger partial charge in [0.1, 0.15) is 4.88 Å². The number of carbonyl (C=O) groups excluding carboxylic acids is 2. The Bertz CT molecular complexity index is 427. The summed E-state index contributed by atoms with van der Waals surface area (Å²) in [6.45, 7) is 3.42. The number of likely N-dealkylation sites (tertiary alicyclic amines) is 1. The second kappa shape index (κ2) is 6.51. The molecule has 2 heterocycles. The summed E-state index contributed by atoms with van der Waals surface area (Å²) in [5.74, 6) is -0.0860. The van der Waals surface area contributed by atoms with E-state index in [-0.39, 0.29) is 18.0 Å². The van der Waals surface area contributed by atoms with Gasteiger partial charge in [-0.25, -0.2) is 4.79 Å². The molecule has 1 aliphatic rings. The van der Waals surface area contributed by atoms with Crippen LogP contribution in [0.25, 0.3) is 0 Å². The molecular formula is C12H17N3O3S. The lowest BCUT2D eigenvalue weighted by atomic mass is 10.1. The Morgan fingerprint density at radius 1 is 1.53 bits per heavy atom. The minimum absolute atomic E-state index is 0.0860. The van der Waals surface area contributed by atoms with Crippen molar-refractivity contribution in [1.29, 1.82) is 0 Å². The fourth-order valence-corrected chi connectivity index (χ4v) is 2.53. The number of carbonyl (C=O) groups is 2. The zero-order chi connectivity index (χ0) is 13.7. The van der Waals surface area contributed by atoms with Crippen molar-refractivity contribution >= 4 is 23.3 Å². The van der Waals surface area contributed by atoms with Crippen LogP contribution in [0.5, 0.6) is 0 Å². The maximum Gasteiger partial charge on any atom is 0.409 e. The first-order valence-electron chi connectivity index (χ1n) is 6.31. The van der Waals surface area contributed by atoms with E-state index in [4.69, 9.17) is 4.74 Å². The molecule has 1 fully saturated rings. The van der Waals surface area contributed by atoms with Crippen LogP contribution in [0, 0.1) is 0 Å². The number of nitrogens with one attached hydrogen (secondary N) is 1. The number of rotatable bonds is 3. The SMILES string of the molecule is CCOC(=O)N1CCC(NC(=O)c2cncs2)CC1. The number of piperidine rings is 1. The molecule has 1 aromatic heterocycles. The molecule has 1 N–H and O–H groups in total. The molecule has 0 atom stereocenters. The average Bonchev–Trinajstić information content (AvgIpc) is 2.94. The molecule has 0 spiro atoms. The van der Waals surface area contributed by atoms with Crippen molar-refractivity contribution in [3.8, 4) is 0 Å². The predicted molar refractivity (Wildman–Crippen MR) is 71.2 cm³/mol. The summed E-state index contributed by atoms with van der Waals surface area (Å²) in [5, 5.41) is 2.97. The van der Waals surface area contributed by atoms with Crippen LogP contribution < -0.4 is 5.32 Å². The van der Waals surface area contributed by atoms with Crippen LogP contribution in [0.1, 0.15) is 29.4 Å². The predicted octanol–water partition coefficient (Wildman–Crippen LogP) is 1.49. The summed E-state index contributed by atoms with van der Waals surface area (Å²) in [4.78, 5) is 29.5. The zero-order valence-corrected chi connectivity index (χ0v) is 11.6. The van der Waals surface area contributed by atoms with Crippen molar-refractivity contribution in [1.82, 2.24) is 15.2 Å². The van der Waals surface area contributed by atoms with Gasteiger partial charge in [0.25, 0.3) is 5.91 Å². The van der Waals surface area contributed by atoms with E-state index in [0.717, 1.165) is 12.8 Å². The van der Waals surface area contributed by atoms with Gasteiger partial charge in [-0.1, -0.05) is 0 Å². The van der Waals surface area contributed by atoms with Crippen LogP contribution in [-0.4, -0.2) is 47.6 Å². The number of amides is 2. The standard InChI is InChI=1S/C12H17N3O3S/c1-2-18-12(17)15-5-3-9(4-6-15)14-11(16)10-7-13-8-19-10/h7-9H,2-6H2,1H3,(H,14,16). The highest BCUT2D eigenvalue weighted by molar-refractivity contribution is 7.11. The number of hydrogen-bond acceptors (Lipinski definition) is 5. The van der Waals surface area contributed by atoms with Gasteiger partial charge in [0.2, 0.25) is 0 Å². The third-order valence-electron chi connectivity index (χ3n) is 3.01. The smallest absolute Gasteiger partial charge is 0.409 e. The number of ether oxygens (including phenoxy) is 1. The van der Waals surface area contributed by atoms with Crippen LogP contribution in [0.3, 0.4) is 0 Å². The fraction of sp³-hybridized carbons (Fsp3) is 0.583. The average molecular weight is 283 g/mol. The summed E-state index contributed by atoms with van der Waals surface area (Å²) in [6, 6.07) is 0.111. The highest BCUT2D eigenvalue weighted by Gasteiger charge is 2.24. The molecule has 0 aromatic carbocycles. The van der Waals surface area contributed by atoms with Gasteiger partial charge >= 0.3 is 6.09 Å². The number of nitrogens with zero attached hydrogens (tertiary/aromatic N) is 2. The van der Waals surface area contributed by atoms with Gasteiger partial charge < -0.3 is 15.0 Å². The van der Waals surface area contributed by atoms with Gasteiger partial charge in [-0.05, 0) is 19.8 Å². The molecule has 1 aliphatic heterocycles. The Kier molecular flexibility index (Phi) is 4.73. The molecule has 0 saturated carbocycles. The zero-order valence-electron chi connectivity index (χ0n) is 10.8. The van der Waals surface area contributed by atoms with E-state index in [1.165, 1.54) is 11.3 Å². The molecular weight excluding hydrogens is 266 g/mol. The van der Waals surface area contributed by atoms with Gasteiger partial charge in [0.15, 0.2) is 0 Å². The van der Waals surface area contributed by atoms with Gasteiger partial charge in [0, 0.05) is 19.1 Å². The second-order valence-corrected chi connectivity index (χ2v) is 5.19. The van der Waals surface area contributed by atoms with Crippen molar-refractivity contribution in [2.45, 2.75) is 25.8 Å². The van der Waals surface area contributed by atoms with Crippen molar-refractivity contribution in [2.75, 3.05) is 19.7 Å². The number of thiazole rings is 1. The molecule has 0 aliphatic carbocycles. The van der Waals surface area contributed by atoms with Crippen LogP contribution in [0.15, 0.2) is 11.7 Å². The monoisotopic (exact) mass is 283 g/mol. The molecule has 6 nitrogen and oxygen atoms in total. The van der Waals surface area contributed by atoms with E-state index in [1.807, 2.05) is 0 Å². The van der Waals surface area contributed by atoms with Crippen LogP contribution in [0.2, 0.25) is 0 Å². The Morgan fingerprint density at radius 2 is 2.26 bits per heavy atom. The Labute approximate surface area is 115 Å². The van der Waals surface area contributed by atoms with Crippen LogP contribution >= 0.6 is 11.3 Å². The molecule has 2 amide bonds. The Hall–Kier alpha value is -1.63. The summed E-state index contributed by atoms with van der Waals surface area (Å²) in [6.07, 6.45) is 2.80. The van der Waals surface area contributed by atoms with E-state index < -0.39 is 0 Å². The van der Waals surface area contributed by atoms with E-state index >= 15 is 0 Å². The third kappa shape index (κ3) is 3.66. The number of aromatic nitrogens is 1. The van der Waals surface area contributed by atoms with E-state index in [9.17, 15) is 9.59 Å². The lowest BCUT2D eigenvalue weighted by Gasteiger charge is -2.31. The maximum absolute atomic E-state index is 11.8. The molecule has 1 aromatic rings. The number of hydrogen-bond donors (Lipinski definition) is 1. The van der Waals surface area contributed by atoms with E-state index in [1.54, 1.807) is 23.5 Å². The van der Waals surface area contributed by atoms with Gasteiger partial charge in [-0.15, -0.1) is 11.3 Å². The highest BCUT2D eigenvalue weighted by atomic mass is 32.1. The van der Waals surface area contributed by atoms with Gasteiger partial charge in [-0.2, -0.15) is 0 Å². The summed E-state index contributed by atoms with van der Waals surface area (Å²) >= 11 is 1.32. The third-order valence-corrected chi connectivity index (χ3v) is 3.78. The molecule has 7 heteroatoms. The fourth-order valence-electron chi connectivity index (χ4n) is 2.01. The summed E-state index contributed by atoms with van der Waals surface area (Å²) in [7, 11) is 0. The van der Waals surface area contributed by atoms with Crippen LogP contribution in [0.4, 0.5) is 4.79 Å². The molecule has 0 radical (unpaired) electrons. The lowest BCUT2D eigenvalue weighted by Crippen LogP contribution is -2.46. The minimum Gasteiger partial charge on any atom is -0.450 e. The van der Waals surface area contributed by atoms with Crippen molar-refractivity contribution < 1.29 is 14.3 Å².